The molecule has 1 fully saturated rings. The van der Waals surface area contributed by atoms with Gasteiger partial charge in [0.15, 0.2) is 0 Å². The number of thioether (sulfide) groups is 1. The highest BCUT2D eigenvalue weighted by Crippen LogP contribution is 2.29. The molecule has 5 heteroatoms. The van der Waals surface area contributed by atoms with Gasteiger partial charge >= 0.3 is 0 Å². The second-order valence-corrected chi connectivity index (χ2v) is 9.33. The molecule has 1 aliphatic heterocycles. The van der Waals surface area contributed by atoms with Crippen LogP contribution < -0.4 is 0 Å². The molecule has 1 aromatic carbocycles. The van der Waals surface area contributed by atoms with Crippen LogP contribution in [0, 0.1) is 6.92 Å². The van der Waals surface area contributed by atoms with Crippen molar-refractivity contribution in [3.05, 3.63) is 30.1 Å². The number of rotatable bonds is 3. The van der Waals surface area contributed by atoms with Crippen LogP contribution in [0.15, 0.2) is 24.3 Å². The average molecular weight is 346 g/mol. The number of amides is 1. The Labute approximate surface area is 148 Å². The number of hydrogen-bond donors (Lipinski definition) is 0. The molecule has 0 saturated carbocycles. The van der Waals surface area contributed by atoms with Gasteiger partial charge in [-0.3, -0.25) is 4.79 Å². The van der Waals surface area contributed by atoms with E-state index in [0.717, 1.165) is 37.3 Å². The first-order chi connectivity index (χ1) is 11.3. The van der Waals surface area contributed by atoms with Crippen LogP contribution in [0.4, 0.5) is 0 Å². The molecule has 0 spiro atoms. The van der Waals surface area contributed by atoms with E-state index in [4.69, 9.17) is 0 Å². The monoisotopic (exact) mass is 345 g/mol. The molecule has 0 unspecified atom stereocenters. The third-order valence-electron chi connectivity index (χ3n) is 4.58. The summed E-state index contributed by atoms with van der Waals surface area (Å²) >= 11 is 1.73. The summed E-state index contributed by atoms with van der Waals surface area (Å²) in [6, 6.07) is 8.76. The Balaban J connectivity index is 1.64. The lowest BCUT2D eigenvalue weighted by atomic mass is 10.0. The van der Waals surface area contributed by atoms with Gasteiger partial charge in [0, 0.05) is 23.9 Å². The molecule has 0 bridgehead atoms. The Morgan fingerprint density at radius 3 is 2.58 bits per heavy atom. The zero-order valence-corrected chi connectivity index (χ0v) is 15.9. The smallest absolute Gasteiger partial charge is 0.232 e. The fourth-order valence-corrected chi connectivity index (χ4v) is 4.11. The van der Waals surface area contributed by atoms with Crippen LogP contribution in [0.2, 0.25) is 0 Å². The van der Waals surface area contributed by atoms with Crippen molar-refractivity contribution in [2.45, 2.75) is 51.3 Å². The van der Waals surface area contributed by atoms with Crippen LogP contribution in [-0.2, 0) is 4.79 Å². The van der Waals surface area contributed by atoms with E-state index in [1.54, 1.807) is 11.8 Å². The minimum Gasteiger partial charge on any atom is -0.342 e. The van der Waals surface area contributed by atoms with E-state index >= 15 is 0 Å². The average Bonchev–Trinajstić information content (AvgIpc) is 2.88. The van der Waals surface area contributed by atoms with E-state index in [9.17, 15) is 4.79 Å². The number of imidazole rings is 1. The summed E-state index contributed by atoms with van der Waals surface area (Å²) < 4.78 is 2.50. The molecule has 0 radical (unpaired) electrons. The molecule has 1 amide bonds. The van der Waals surface area contributed by atoms with Crippen molar-refractivity contribution in [1.82, 2.24) is 14.5 Å². The lowest BCUT2D eigenvalue weighted by Crippen LogP contribution is -2.40. The number of piperidine rings is 1. The summed E-state index contributed by atoms with van der Waals surface area (Å²) in [5.41, 5.74) is 2.28. The second kappa shape index (κ2) is 6.79. The molecule has 1 saturated heterocycles. The van der Waals surface area contributed by atoms with E-state index < -0.39 is 0 Å². The van der Waals surface area contributed by atoms with E-state index in [2.05, 4.69) is 55.4 Å². The van der Waals surface area contributed by atoms with Crippen molar-refractivity contribution >= 4 is 28.7 Å². The van der Waals surface area contributed by atoms with Crippen molar-refractivity contribution in [3.8, 4) is 0 Å². The number of para-hydroxylation sites is 2. The van der Waals surface area contributed by atoms with Crippen molar-refractivity contribution in [3.63, 3.8) is 0 Å². The number of likely N-dealkylation sites (tertiary alicyclic amines) is 1. The van der Waals surface area contributed by atoms with Crippen LogP contribution >= 0.6 is 11.8 Å². The van der Waals surface area contributed by atoms with Gasteiger partial charge in [-0.05, 0) is 31.9 Å². The molecular weight excluding hydrogens is 318 g/mol. The van der Waals surface area contributed by atoms with Crippen LogP contribution in [0.1, 0.15) is 45.5 Å². The Hall–Kier alpha value is -1.49. The second-order valence-electron chi connectivity index (χ2n) is 7.53. The summed E-state index contributed by atoms with van der Waals surface area (Å²) in [6.07, 6.45) is 2.01. The number of nitrogens with zero attached hydrogens (tertiary/aromatic N) is 3. The SMILES string of the molecule is Cc1nc2ccccc2n1C1CCN(C(=O)CSC(C)(C)C)CC1. The highest BCUT2D eigenvalue weighted by Gasteiger charge is 2.26. The Morgan fingerprint density at radius 1 is 1.25 bits per heavy atom. The summed E-state index contributed by atoms with van der Waals surface area (Å²) in [7, 11) is 0. The fourth-order valence-electron chi connectivity index (χ4n) is 3.37. The molecule has 3 rings (SSSR count). The zero-order valence-electron chi connectivity index (χ0n) is 15.1. The normalized spacial score (nSPS) is 16.8. The van der Waals surface area contributed by atoms with Gasteiger partial charge in [-0.15, -0.1) is 11.8 Å². The Bertz CT molecular complexity index is 724. The minimum absolute atomic E-state index is 0.140. The first-order valence-corrected chi connectivity index (χ1v) is 9.69. The van der Waals surface area contributed by atoms with Gasteiger partial charge in [-0.1, -0.05) is 32.9 Å². The maximum Gasteiger partial charge on any atom is 0.232 e. The lowest BCUT2D eigenvalue weighted by molar-refractivity contribution is -0.129. The van der Waals surface area contributed by atoms with Gasteiger partial charge in [0.25, 0.3) is 0 Å². The van der Waals surface area contributed by atoms with E-state index in [1.807, 2.05) is 11.0 Å². The largest absolute Gasteiger partial charge is 0.342 e. The number of hydrogen-bond acceptors (Lipinski definition) is 3. The third kappa shape index (κ3) is 3.77. The Morgan fingerprint density at radius 2 is 1.92 bits per heavy atom. The molecule has 0 aliphatic carbocycles. The van der Waals surface area contributed by atoms with E-state index in [1.165, 1.54) is 5.52 Å². The van der Waals surface area contributed by atoms with Crippen molar-refractivity contribution in [2.75, 3.05) is 18.8 Å². The fraction of sp³-hybridized carbons (Fsp3) is 0.579. The molecule has 1 aliphatic rings. The molecule has 0 atom stereocenters. The molecule has 2 aromatic rings. The van der Waals surface area contributed by atoms with Crippen molar-refractivity contribution in [1.29, 1.82) is 0 Å². The van der Waals surface area contributed by atoms with Gasteiger partial charge in [0.05, 0.1) is 16.8 Å². The van der Waals surface area contributed by atoms with Gasteiger partial charge in [0.2, 0.25) is 5.91 Å². The summed E-state index contributed by atoms with van der Waals surface area (Å²) in [6.45, 7) is 10.2. The van der Waals surface area contributed by atoms with E-state index in [0.29, 0.717) is 11.8 Å². The third-order valence-corrected chi connectivity index (χ3v) is 5.84. The van der Waals surface area contributed by atoms with Crippen LogP contribution in [0.5, 0.6) is 0 Å². The molecule has 4 nitrogen and oxygen atoms in total. The molecule has 0 N–H and O–H groups in total. The van der Waals surface area contributed by atoms with Gasteiger partial charge in [-0.2, -0.15) is 0 Å². The standard InChI is InChI=1S/C19H27N3OS/c1-14-20-16-7-5-6-8-17(16)22(14)15-9-11-21(12-10-15)18(23)13-24-19(2,3)4/h5-8,15H,9-13H2,1-4H3. The quantitative estimate of drug-likeness (QED) is 0.842. The summed E-state index contributed by atoms with van der Waals surface area (Å²) in [5.74, 6) is 1.94. The van der Waals surface area contributed by atoms with Crippen molar-refractivity contribution < 1.29 is 4.79 Å². The predicted molar refractivity (Wildman–Crippen MR) is 102 cm³/mol. The maximum atomic E-state index is 12.4. The van der Waals surface area contributed by atoms with Gasteiger partial charge in [0.1, 0.15) is 5.82 Å². The first kappa shape index (κ1) is 17.3. The molecular formula is C19H27N3OS. The minimum atomic E-state index is 0.140. The summed E-state index contributed by atoms with van der Waals surface area (Å²) in [5, 5.41) is 0. The highest BCUT2D eigenvalue weighted by molar-refractivity contribution is 8.01. The Kier molecular flexibility index (Phi) is 4.90. The van der Waals surface area contributed by atoms with Gasteiger partial charge in [-0.25, -0.2) is 4.98 Å². The van der Waals surface area contributed by atoms with Crippen molar-refractivity contribution in [2.24, 2.45) is 0 Å². The van der Waals surface area contributed by atoms with Crippen LogP contribution in [0.25, 0.3) is 11.0 Å². The molecule has 130 valence electrons. The number of aryl methyl sites for hydroxylation is 1. The predicted octanol–water partition coefficient (Wildman–Crippen LogP) is 4.04. The molecule has 1 aromatic heterocycles. The van der Waals surface area contributed by atoms with Gasteiger partial charge < -0.3 is 9.47 Å². The van der Waals surface area contributed by atoms with E-state index in [-0.39, 0.29) is 10.7 Å². The number of aromatic nitrogens is 2. The lowest BCUT2D eigenvalue weighted by Gasteiger charge is -2.34. The molecule has 2 heterocycles. The van der Waals surface area contributed by atoms with Crippen LogP contribution in [-0.4, -0.2) is 43.9 Å². The van der Waals surface area contributed by atoms with Crippen LogP contribution in [0.3, 0.4) is 0 Å². The number of carbonyl (C=O) groups excluding carboxylic acids is 1. The zero-order chi connectivity index (χ0) is 17.3. The number of benzene rings is 1. The molecule has 24 heavy (non-hydrogen) atoms. The maximum absolute atomic E-state index is 12.4. The number of carbonyl (C=O) groups is 1. The first-order valence-electron chi connectivity index (χ1n) is 8.70. The number of fused-ring (bicyclic) bond motifs is 1. The topological polar surface area (TPSA) is 38.1 Å². The summed E-state index contributed by atoms with van der Waals surface area (Å²) in [4.78, 5) is 19.1. The highest BCUT2D eigenvalue weighted by atomic mass is 32.2.